The first-order valence-corrected chi connectivity index (χ1v) is 10.9. The van der Waals surface area contributed by atoms with Crippen LogP contribution in [0.1, 0.15) is 46.9 Å². The van der Waals surface area contributed by atoms with Crippen molar-refractivity contribution in [2.45, 2.75) is 57.6 Å². The SMILES string of the molecule is CC(C)OCCCNC(=O)CSc1nc(C(C)(C)C)nc2c1c(=O)n(C)c(=O)n2C. The summed E-state index contributed by atoms with van der Waals surface area (Å²) in [7, 11) is 2.99. The lowest BCUT2D eigenvalue weighted by Gasteiger charge is -2.19. The lowest BCUT2D eigenvalue weighted by molar-refractivity contribution is -0.118. The van der Waals surface area contributed by atoms with Crippen molar-refractivity contribution in [1.29, 1.82) is 0 Å². The number of amides is 1. The molecule has 1 N–H and O–H groups in total. The molecular formula is C20H31N5O4S. The maximum absolute atomic E-state index is 12.8. The highest BCUT2D eigenvalue weighted by Crippen LogP contribution is 2.26. The number of nitrogens with zero attached hydrogens (tertiary/aromatic N) is 4. The van der Waals surface area contributed by atoms with Crippen LogP contribution in [0.3, 0.4) is 0 Å². The van der Waals surface area contributed by atoms with Crippen molar-refractivity contribution >= 4 is 28.7 Å². The van der Waals surface area contributed by atoms with E-state index in [0.29, 0.717) is 24.0 Å². The molecule has 0 atom stereocenters. The van der Waals surface area contributed by atoms with Crippen LogP contribution in [0, 0.1) is 0 Å². The standard InChI is InChI=1S/C20H31N5O4S/c1-12(2)29-10-8-9-21-13(26)11-30-16-14-15(22-18(23-16)20(3,4)5)24(6)19(28)25(7)17(14)27/h12H,8-11H2,1-7H3,(H,21,26). The van der Waals surface area contributed by atoms with Crippen molar-refractivity contribution in [3.63, 3.8) is 0 Å². The predicted octanol–water partition coefficient (Wildman–Crippen LogP) is 1.35. The van der Waals surface area contributed by atoms with Gasteiger partial charge in [-0.15, -0.1) is 0 Å². The molecule has 0 radical (unpaired) electrons. The van der Waals surface area contributed by atoms with E-state index in [1.165, 1.54) is 23.4 Å². The lowest BCUT2D eigenvalue weighted by atomic mass is 9.96. The number of fused-ring (bicyclic) bond motifs is 1. The second kappa shape index (κ2) is 9.74. The Hall–Kier alpha value is -2.20. The molecule has 0 aliphatic carbocycles. The van der Waals surface area contributed by atoms with Gasteiger partial charge in [-0.1, -0.05) is 32.5 Å². The van der Waals surface area contributed by atoms with Gasteiger partial charge in [0, 0.05) is 32.7 Å². The van der Waals surface area contributed by atoms with Gasteiger partial charge in [0.15, 0.2) is 5.65 Å². The summed E-state index contributed by atoms with van der Waals surface area (Å²) < 4.78 is 7.82. The molecule has 0 aliphatic heterocycles. The van der Waals surface area contributed by atoms with Crippen LogP contribution in [0.2, 0.25) is 0 Å². The zero-order valence-corrected chi connectivity index (χ0v) is 19.6. The molecule has 0 unspecified atom stereocenters. The van der Waals surface area contributed by atoms with Gasteiger partial charge in [0.25, 0.3) is 5.56 Å². The van der Waals surface area contributed by atoms with Gasteiger partial charge in [0.05, 0.1) is 11.9 Å². The second-order valence-electron chi connectivity index (χ2n) is 8.42. The van der Waals surface area contributed by atoms with Crippen molar-refractivity contribution in [3.05, 3.63) is 26.7 Å². The van der Waals surface area contributed by atoms with E-state index in [1.54, 1.807) is 7.05 Å². The minimum absolute atomic E-state index is 0.104. The molecule has 2 aromatic rings. The van der Waals surface area contributed by atoms with Crippen LogP contribution in [0.5, 0.6) is 0 Å². The van der Waals surface area contributed by atoms with Crippen LogP contribution in [0.25, 0.3) is 11.0 Å². The third-order valence-electron chi connectivity index (χ3n) is 4.37. The van der Waals surface area contributed by atoms with Crippen molar-refractivity contribution < 1.29 is 9.53 Å². The second-order valence-corrected chi connectivity index (χ2v) is 9.38. The number of nitrogens with one attached hydrogen (secondary N) is 1. The summed E-state index contributed by atoms with van der Waals surface area (Å²) in [5.41, 5.74) is -1.04. The summed E-state index contributed by atoms with van der Waals surface area (Å²) in [4.78, 5) is 46.4. The Morgan fingerprint density at radius 2 is 1.83 bits per heavy atom. The highest BCUT2D eigenvalue weighted by atomic mass is 32.2. The smallest absolute Gasteiger partial charge is 0.332 e. The Morgan fingerprint density at radius 1 is 1.17 bits per heavy atom. The summed E-state index contributed by atoms with van der Waals surface area (Å²) in [6, 6.07) is 0. The van der Waals surface area contributed by atoms with E-state index in [4.69, 9.17) is 4.74 Å². The summed E-state index contributed by atoms with van der Waals surface area (Å²) in [5, 5.41) is 3.49. The number of carbonyl (C=O) groups excluding carboxylic acids is 1. The molecule has 0 saturated heterocycles. The maximum atomic E-state index is 12.8. The molecule has 0 fully saturated rings. The van der Waals surface area contributed by atoms with Gasteiger partial charge in [-0.25, -0.2) is 14.8 Å². The van der Waals surface area contributed by atoms with E-state index in [9.17, 15) is 14.4 Å². The fourth-order valence-electron chi connectivity index (χ4n) is 2.67. The Labute approximate surface area is 180 Å². The van der Waals surface area contributed by atoms with Gasteiger partial charge in [-0.3, -0.25) is 18.7 Å². The van der Waals surface area contributed by atoms with E-state index in [-0.39, 0.29) is 34.2 Å². The van der Waals surface area contributed by atoms with E-state index >= 15 is 0 Å². The third-order valence-corrected chi connectivity index (χ3v) is 5.35. The maximum Gasteiger partial charge on any atom is 0.332 e. The number of ether oxygens (including phenoxy) is 1. The number of aryl methyl sites for hydroxylation is 1. The molecule has 1 amide bonds. The van der Waals surface area contributed by atoms with E-state index in [0.717, 1.165) is 11.0 Å². The predicted molar refractivity (Wildman–Crippen MR) is 118 cm³/mol. The van der Waals surface area contributed by atoms with Gasteiger partial charge >= 0.3 is 5.69 Å². The van der Waals surface area contributed by atoms with Crippen LogP contribution in [0.15, 0.2) is 14.6 Å². The molecule has 10 heteroatoms. The van der Waals surface area contributed by atoms with Crippen molar-refractivity contribution in [2.24, 2.45) is 14.1 Å². The van der Waals surface area contributed by atoms with Crippen LogP contribution < -0.4 is 16.6 Å². The van der Waals surface area contributed by atoms with Crippen molar-refractivity contribution in [2.75, 3.05) is 18.9 Å². The van der Waals surface area contributed by atoms with Crippen LogP contribution in [0.4, 0.5) is 0 Å². The largest absolute Gasteiger partial charge is 0.379 e. The zero-order chi connectivity index (χ0) is 22.6. The topological polar surface area (TPSA) is 108 Å². The number of hydrogen-bond acceptors (Lipinski definition) is 7. The average molecular weight is 438 g/mol. The van der Waals surface area contributed by atoms with E-state index in [2.05, 4.69) is 15.3 Å². The van der Waals surface area contributed by atoms with Crippen molar-refractivity contribution in [3.8, 4) is 0 Å². The number of hydrogen-bond donors (Lipinski definition) is 1. The molecule has 0 spiro atoms. The molecule has 166 valence electrons. The fraction of sp³-hybridized carbons (Fsp3) is 0.650. The first kappa shape index (κ1) is 24.1. The average Bonchev–Trinajstić information content (AvgIpc) is 2.67. The monoisotopic (exact) mass is 437 g/mol. The highest BCUT2D eigenvalue weighted by molar-refractivity contribution is 8.00. The lowest BCUT2D eigenvalue weighted by Crippen LogP contribution is -2.38. The highest BCUT2D eigenvalue weighted by Gasteiger charge is 2.24. The Kier molecular flexibility index (Phi) is 7.81. The van der Waals surface area contributed by atoms with Gasteiger partial charge in [0.1, 0.15) is 16.2 Å². The summed E-state index contributed by atoms with van der Waals surface area (Å²) in [6.07, 6.45) is 0.889. The van der Waals surface area contributed by atoms with Crippen LogP contribution in [-0.2, 0) is 29.0 Å². The number of carbonyl (C=O) groups is 1. The van der Waals surface area contributed by atoms with Gasteiger partial charge < -0.3 is 10.1 Å². The first-order chi connectivity index (χ1) is 13.9. The van der Waals surface area contributed by atoms with Crippen molar-refractivity contribution in [1.82, 2.24) is 24.4 Å². The molecule has 2 heterocycles. The van der Waals surface area contributed by atoms with E-state index < -0.39 is 11.2 Å². The summed E-state index contributed by atoms with van der Waals surface area (Å²) >= 11 is 1.17. The zero-order valence-electron chi connectivity index (χ0n) is 18.7. The third kappa shape index (κ3) is 5.69. The molecular weight excluding hydrogens is 406 g/mol. The number of thioether (sulfide) groups is 1. The first-order valence-electron chi connectivity index (χ1n) is 9.92. The molecule has 0 aliphatic rings. The minimum Gasteiger partial charge on any atom is -0.379 e. The number of rotatable bonds is 8. The van der Waals surface area contributed by atoms with E-state index in [1.807, 2.05) is 34.6 Å². The Balaban J connectivity index is 2.28. The fourth-order valence-corrected chi connectivity index (χ4v) is 3.52. The molecule has 0 aromatic carbocycles. The molecule has 9 nitrogen and oxygen atoms in total. The Bertz CT molecular complexity index is 1040. The summed E-state index contributed by atoms with van der Waals surface area (Å²) in [6.45, 7) is 10.9. The Morgan fingerprint density at radius 3 is 2.43 bits per heavy atom. The van der Waals surface area contributed by atoms with Crippen LogP contribution >= 0.6 is 11.8 Å². The normalized spacial score (nSPS) is 12.0. The molecule has 2 rings (SSSR count). The molecule has 2 aromatic heterocycles. The van der Waals surface area contributed by atoms with Gasteiger partial charge in [-0.05, 0) is 20.3 Å². The molecule has 0 saturated carbocycles. The quantitative estimate of drug-likeness (QED) is 0.377. The van der Waals surface area contributed by atoms with Gasteiger partial charge in [-0.2, -0.15) is 0 Å². The molecule has 30 heavy (non-hydrogen) atoms. The number of aromatic nitrogens is 4. The van der Waals surface area contributed by atoms with Crippen LogP contribution in [-0.4, -0.2) is 50.0 Å². The summed E-state index contributed by atoms with van der Waals surface area (Å²) in [5.74, 6) is 0.453. The minimum atomic E-state index is -0.470. The molecule has 0 bridgehead atoms. The van der Waals surface area contributed by atoms with Gasteiger partial charge in [0.2, 0.25) is 5.91 Å².